The highest BCUT2D eigenvalue weighted by atomic mass is 16.5. The highest BCUT2D eigenvalue weighted by Gasteiger charge is 2.12. The lowest BCUT2D eigenvalue weighted by atomic mass is 10.0. The molecule has 19 heavy (non-hydrogen) atoms. The molecule has 0 amide bonds. The van der Waals surface area contributed by atoms with E-state index in [-0.39, 0.29) is 6.04 Å². The van der Waals surface area contributed by atoms with Gasteiger partial charge in [0, 0.05) is 18.3 Å². The van der Waals surface area contributed by atoms with Crippen LogP contribution >= 0.6 is 0 Å². The van der Waals surface area contributed by atoms with E-state index in [4.69, 9.17) is 10.5 Å². The molecule has 0 bridgehead atoms. The lowest BCUT2D eigenvalue weighted by molar-refractivity contribution is 0.305. The fourth-order valence-electron chi connectivity index (χ4n) is 1.78. The number of benzene rings is 1. The van der Waals surface area contributed by atoms with Gasteiger partial charge >= 0.3 is 0 Å². The van der Waals surface area contributed by atoms with Crippen LogP contribution in [0, 0.1) is 5.92 Å². The Hall–Kier alpha value is -1.87. The van der Waals surface area contributed by atoms with Crippen molar-refractivity contribution in [3.63, 3.8) is 0 Å². The molecule has 2 aromatic rings. The second kappa shape index (κ2) is 6.34. The quantitative estimate of drug-likeness (QED) is 0.892. The highest BCUT2D eigenvalue weighted by Crippen LogP contribution is 2.21. The zero-order valence-corrected chi connectivity index (χ0v) is 11.4. The zero-order valence-electron chi connectivity index (χ0n) is 11.4. The zero-order chi connectivity index (χ0) is 13.7. The van der Waals surface area contributed by atoms with Crippen LogP contribution in [0.1, 0.15) is 31.1 Å². The molecular formula is C16H20N2O. The number of pyridine rings is 1. The van der Waals surface area contributed by atoms with Crippen molar-refractivity contribution in [3.05, 3.63) is 59.9 Å². The van der Waals surface area contributed by atoms with Crippen molar-refractivity contribution >= 4 is 0 Å². The van der Waals surface area contributed by atoms with Gasteiger partial charge in [-0.1, -0.05) is 44.2 Å². The fraction of sp³-hybridized carbons (Fsp3) is 0.312. The minimum atomic E-state index is -0.0553. The highest BCUT2D eigenvalue weighted by molar-refractivity contribution is 5.25. The lowest BCUT2D eigenvalue weighted by Crippen LogP contribution is -2.18. The molecule has 0 spiro atoms. The maximum Gasteiger partial charge on any atom is 0.123 e. The molecule has 100 valence electrons. The topological polar surface area (TPSA) is 48.1 Å². The van der Waals surface area contributed by atoms with Crippen molar-refractivity contribution in [2.75, 3.05) is 0 Å². The number of hydrogen-bond donors (Lipinski definition) is 1. The van der Waals surface area contributed by atoms with E-state index in [0.717, 1.165) is 17.0 Å². The second-order valence-corrected chi connectivity index (χ2v) is 4.96. The summed E-state index contributed by atoms with van der Waals surface area (Å²) in [5.41, 5.74) is 8.12. The summed E-state index contributed by atoms with van der Waals surface area (Å²) in [4.78, 5) is 4.31. The van der Waals surface area contributed by atoms with Gasteiger partial charge in [-0.15, -0.1) is 0 Å². The Kier molecular flexibility index (Phi) is 4.53. The van der Waals surface area contributed by atoms with Crippen LogP contribution in [0.3, 0.4) is 0 Å². The van der Waals surface area contributed by atoms with Gasteiger partial charge in [-0.05, 0) is 17.5 Å². The molecule has 0 radical (unpaired) electrons. The van der Waals surface area contributed by atoms with Gasteiger partial charge in [0.05, 0.1) is 5.69 Å². The molecule has 0 saturated heterocycles. The van der Waals surface area contributed by atoms with Crippen LogP contribution < -0.4 is 10.5 Å². The number of aromatic nitrogens is 1. The molecule has 1 aromatic carbocycles. The molecule has 2 N–H and O–H groups in total. The number of hydrogen-bond acceptors (Lipinski definition) is 3. The molecule has 2 rings (SSSR count). The van der Waals surface area contributed by atoms with E-state index in [1.165, 1.54) is 0 Å². The molecule has 0 fully saturated rings. The van der Waals surface area contributed by atoms with Crippen LogP contribution in [-0.2, 0) is 6.61 Å². The molecule has 0 aliphatic rings. The van der Waals surface area contributed by atoms with Gasteiger partial charge in [0.25, 0.3) is 0 Å². The molecule has 1 aromatic heterocycles. The molecule has 0 saturated carbocycles. The molecule has 0 aliphatic heterocycles. The molecule has 1 atom stereocenters. The molecular weight excluding hydrogens is 236 g/mol. The Morgan fingerprint density at radius 3 is 2.58 bits per heavy atom. The predicted molar refractivity (Wildman–Crippen MR) is 76.8 cm³/mol. The lowest BCUT2D eigenvalue weighted by Gasteiger charge is -2.15. The summed E-state index contributed by atoms with van der Waals surface area (Å²) in [5, 5.41) is 0. The molecule has 3 nitrogen and oxygen atoms in total. The third kappa shape index (κ3) is 3.80. The predicted octanol–water partition coefficient (Wildman–Crippen LogP) is 3.32. The van der Waals surface area contributed by atoms with Gasteiger partial charge in [-0.2, -0.15) is 0 Å². The van der Waals surface area contributed by atoms with Crippen LogP contribution in [0.5, 0.6) is 5.75 Å². The summed E-state index contributed by atoms with van der Waals surface area (Å²) < 4.78 is 5.77. The standard InChI is InChI=1S/C16H20N2O/c1-12(2)16(17)15-10-14(8-9-18-15)19-11-13-6-4-3-5-7-13/h3-10,12,16H,11,17H2,1-2H3. The molecule has 1 heterocycles. The van der Waals surface area contributed by atoms with Gasteiger partial charge in [-0.3, -0.25) is 4.98 Å². The number of nitrogens with two attached hydrogens (primary N) is 1. The van der Waals surface area contributed by atoms with E-state index >= 15 is 0 Å². The van der Waals surface area contributed by atoms with Gasteiger partial charge in [0.15, 0.2) is 0 Å². The van der Waals surface area contributed by atoms with E-state index in [1.807, 2.05) is 42.5 Å². The Balaban J connectivity index is 2.03. The van der Waals surface area contributed by atoms with Gasteiger partial charge in [-0.25, -0.2) is 0 Å². The summed E-state index contributed by atoms with van der Waals surface area (Å²) in [6.45, 7) is 4.73. The van der Waals surface area contributed by atoms with E-state index in [9.17, 15) is 0 Å². The van der Waals surface area contributed by atoms with Crippen LogP contribution in [0.2, 0.25) is 0 Å². The average molecular weight is 256 g/mol. The molecule has 1 unspecified atom stereocenters. The van der Waals surface area contributed by atoms with Crippen LogP contribution in [-0.4, -0.2) is 4.98 Å². The van der Waals surface area contributed by atoms with Crippen molar-refractivity contribution < 1.29 is 4.74 Å². The van der Waals surface area contributed by atoms with E-state index in [2.05, 4.69) is 18.8 Å². The third-order valence-electron chi connectivity index (χ3n) is 3.06. The van der Waals surface area contributed by atoms with Crippen LogP contribution in [0.4, 0.5) is 0 Å². The number of ether oxygens (including phenoxy) is 1. The largest absolute Gasteiger partial charge is 0.489 e. The van der Waals surface area contributed by atoms with Crippen molar-refractivity contribution in [1.29, 1.82) is 0 Å². The Bertz CT molecular complexity index is 511. The maximum absolute atomic E-state index is 6.10. The minimum absolute atomic E-state index is 0.0553. The van der Waals surface area contributed by atoms with Crippen molar-refractivity contribution in [3.8, 4) is 5.75 Å². The van der Waals surface area contributed by atoms with Gasteiger partial charge < -0.3 is 10.5 Å². The number of rotatable bonds is 5. The first kappa shape index (κ1) is 13.6. The summed E-state index contributed by atoms with van der Waals surface area (Å²) in [6, 6.07) is 13.8. The van der Waals surface area contributed by atoms with Crippen molar-refractivity contribution in [2.24, 2.45) is 11.7 Å². The second-order valence-electron chi connectivity index (χ2n) is 4.96. The van der Waals surface area contributed by atoms with E-state index in [1.54, 1.807) is 6.20 Å². The van der Waals surface area contributed by atoms with Gasteiger partial charge in [0.2, 0.25) is 0 Å². The normalized spacial score (nSPS) is 12.4. The van der Waals surface area contributed by atoms with Crippen LogP contribution in [0.15, 0.2) is 48.7 Å². The smallest absolute Gasteiger partial charge is 0.123 e. The first-order valence-electron chi connectivity index (χ1n) is 6.55. The summed E-state index contributed by atoms with van der Waals surface area (Å²) in [5.74, 6) is 1.17. The number of nitrogens with zero attached hydrogens (tertiary/aromatic N) is 1. The first-order chi connectivity index (χ1) is 9.16. The molecule has 0 aliphatic carbocycles. The first-order valence-corrected chi connectivity index (χ1v) is 6.55. The Morgan fingerprint density at radius 1 is 1.16 bits per heavy atom. The SMILES string of the molecule is CC(C)C(N)c1cc(OCc2ccccc2)ccn1. The minimum Gasteiger partial charge on any atom is -0.489 e. The van der Waals surface area contributed by atoms with Gasteiger partial charge in [0.1, 0.15) is 12.4 Å². The van der Waals surface area contributed by atoms with Crippen molar-refractivity contribution in [1.82, 2.24) is 4.98 Å². The van der Waals surface area contributed by atoms with E-state index < -0.39 is 0 Å². The summed E-state index contributed by atoms with van der Waals surface area (Å²) >= 11 is 0. The average Bonchev–Trinajstić information content (AvgIpc) is 2.45. The Labute approximate surface area is 114 Å². The monoisotopic (exact) mass is 256 g/mol. The van der Waals surface area contributed by atoms with E-state index in [0.29, 0.717) is 12.5 Å². The summed E-state index contributed by atoms with van der Waals surface area (Å²) in [6.07, 6.45) is 1.75. The summed E-state index contributed by atoms with van der Waals surface area (Å²) in [7, 11) is 0. The Morgan fingerprint density at radius 2 is 1.89 bits per heavy atom. The van der Waals surface area contributed by atoms with Crippen LogP contribution in [0.25, 0.3) is 0 Å². The third-order valence-corrected chi connectivity index (χ3v) is 3.06. The molecule has 3 heteroatoms. The fourth-order valence-corrected chi connectivity index (χ4v) is 1.78. The maximum atomic E-state index is 6.10. The van der Waals surface area contributed by atoms with Crippen molar-refractivity contribution in [2.45, 2.75) is 26.5 Å².